The van der Waals surface area contributed by atoms with Gasteiger partial charge in [0.25, 0.3) is 11.7 Å². The summed E-state index contributed by atoms with van der Waals surface area (Å²) >= 11 is 0. The summed E-state index contributed by atoms with van der Waals surface area (Å²) in [5.41, 5.74) is 0.811. The molecule has 0 bridgehead atoms. The quantitative estimate of drug-likeness (QED) is 0.647. The van der Waals surface area contributed by atoms with Gasteiger partial charge in [0.1, 0.15) is 5.82 Å². The summed E-state index contributed by atoms with van der Waals surface area (Å²) in [4.78, 5) is 24.4. The van der Waals surface area contributed by atoms with Crippen molar-refractivity contribution in [2.24, 2.45) is 0 Å². The van der Waals surface area contributed by atoms with E-state index in [1.165, 1.54) is 6.07 Å². The van der Waals surface area contributed by atoms with Crippen LogP contribution in [0.25, 0.3) is 0 Å². The lowest BCUT2D eigenvalue weighted by atomic mass is 10.1. The molecule has 1 aromatic carbocycles. The number of ketones is 1. The molecule has 0 fully saturated rings. The average Bonchev–Trinajstić information content (AvgIpc) is 2.65. The van der Waals surface area contributed by atoms with Gasteiger partial charge in [0.2, 0.25) is 0 Å². The van der Waals surface area contributed by atoms with Gasteiger partial charge in [-0.3, -0.25) is 9.59 Å². The Kier molecular flexibility index (Phi) is 3.80. The lowest BCUT2D eigenvalue weighted by molar-refractivity contribution is -0.112. The van der Waals surface area contributed by atoms with Crippen molar-refractivity contribution in [2.45, 2.75) is 6.42 Å². The number of benzene rings is 1. The zero-order valence-electron chi connectivity index (χ0n) is 10.8. The highest BCUT2D eigenvalue weighted by molar-refractivity contribution is 6.51. The highest BCUT2D eigenvalue weighted by Crippen LogP contribution is 2.30. The van der Waals surface area contributed by atoms with Crippen molar-refractivity contribution in [2.75, 3.05) is 37.5 Å². The average molecular weight is 266 g/mol. The largest absolute Gasteiger partial charge is 0.385 e. The van der Waals surface area contributed by atoms with Crippen molar-refractivity contribution in [1.82, 2.24) is 0 Å². The van der Waals surface area contributed by atoms with Crippen molar-refractivity contribution in [1.29, 1.82) is 0 Å². The van der Waals surface area contributed by atoms with Gasteiger partial charge in [-0.05, 0) is 18.6 Å². The Morgan fingerprint density at radius 2 is 2.11 bits per heavy atom. The molecule has 0 aromatic heterocycles. The molecule has 1 aliphatic heterocycles. The highest BCUT2D eigenvalue weighted by Gasteiger charge is 2.29. The van der Waals surface area contributed by atoms with Gasteiger partial charge in [-0.15, -0.1) is 0 Å². The summed E-state index contributed by atoms with van der Waals surface area (Å²) < 4.78 is 18.9. The Morgan fingerprint density at radius 1 is 1.37 bits per heavy atom. The van der Waals surface area contributed by atoms with E-state index in [1.807, 2.05) is 0 Å². The Hall–Kier alpha value is -1.95. The predicted molar refractivity (Wildman–Crippen MR) is 69.1 cm³/mol. The Morgan fingerprint density at radius 3 is 2.79 bits per heavy atom. The number of rotatable bonds is 5. The van der Waals surface area contributed by atoms with Gasteiger partial charge in [0.15, 0.2) is 0 Å². The molecule has 1 heterocycles. The van der Waals surface area contributed by atoms with Crippen LogP contribution in [0.15, 0.2) is 12.1 Å². The van der Waals surface area contributed by atoms with E-state index < -0.39 is 17.5 Å². The van der Waals surface area contributed by atoms with Gasteiger partial charge >= 0.3 is 0 Å². The maximum absolute atomic E-state index is 13.9. The summed E-state index contributed by atoms with van der Waals surface area (Å²) in [7, 11) is 3.36. The number of methoxy groups -OCH3 is 1. The van der Waals surface area contributed by atoms with E-state index in [0.29, 0.717) is 24.5 Å². The van der Waals surface area contributed by atoms with Gasteiger partial charge in [-0.1, -0.05) is 0 Å². The number of nitrogens with one attached hydrogen (secondary N) is 1. The van der Waals surface area contributed by atoms with Crippen LogP contribution in [0.4, 0.5) is 15.8 Å². The fraction of sp³-hybridized carbons (Fsp3) is 0.385. The maximum atomic E-state index is 13.9. The van der Waals surface area contributed by atoms with Crippen LogP contribution in [0.5, 0.6) is 0 Å². The topological polar surface area (TPSA) is 58.6 Å². The van der Waals surface area contributed by atoms with E-state index in [4.69, 9.17) is 4.74 Å². The molecule has 5 nitrogen and oxygen atoms in total. The summed E-state index contributed by atoms with van der Waals surface area (Å²) in [5, 5.41) is 2.43. The molecule has 0 saturated carbocycles. The molecule has 2 rings (SSSR count). The smallest absolute Gasteiger partial charge is 0.296 e. The molecule has 102 valence electrons. The van der Waals surface area contributed by atoms with E-state index >= 15 is 0 Å². The van der Waals surface area contributed by atoms with Crippen molar-refractivity contribution >= 4 is 23.1 Å². The first-order valence-corrected chi connectivity index (χ1v) is 5.94. The predicted octanol–water partition coefficient (Wildman–Crippen LogP) is 1.43. The zero-order chi connectivity index (χ0) is 14.0. The molecule has 1 amide bonds. The second kappa shape index (κ2) is 5.36. The maximum Gasteiger partial charge on any atom is 0.296 e. The molecule has 0 saturated heterocycles. The van der Waals surface area contributed by atoms with Gasteiger partial charge in [-0.2, -0.15) is 0 Å². The molecular weight excluding hydrogens is 251 g/mol. The van der Waals surface area contributed by atoms with Crippen LogP contribution < -0.4 is 10.2 Å². The molecule has 1 aliphatic rings. The van der Waals surface area contributed by atoms with Gasteiger partial charge < -0.3 is 15.0 Å². The minimum Gasteiger partial charge on any atom is -0.385 e. The van der Waals surface area contributed by atoms with Gasteiger partial charge in [-0.25, -0.2) is 4.39 Å². The number of Topliss-reactive ketones (excluding diaryl/α,β-unsaturated/α-hetero) is 1. The van der Waals surface area contributed by atoms with Crippen molar-refractivity contribution < 1.29 is 18.7 Å². The van der Waals surface area contributed by atoms with Crippen molar-refractivity contribution in [3.05, 3.63) is 23.5 Å². The first-order valence-electron chi connectivity index (χ1n) is 5.94. The minimum absolute atomic E-state index is 0.0940. The van der Waals surface area contributed by atoms with Crippen LogP contribution in [0.1, 0.15) is 16.8 Å². The zero-order valence-corrected chi connectivity index (χ0v) is 10.8. The van der Waals surface area contributed by atoms with Crippen LogP contribution in [0.3, 0.4) is 0 Å². The van der Waals surface area contributed by atoms with Gasteiger partial charge in [0, 0.05) is 27.3 Å². The first kappa shape index (κ1) is 13.5. The van der Waals surface area contributed by atoms with Crippen LogP contribution >= 0.6 is 0 Å². The van der Waals surface area contributed by atoms with Crippen molar-refractivity contribution in [3.8, 4) is 0 Å². The molecule has 19 heavy (non-hydrogen) atoms. The molecular formula is C13H15FN2O3. The minimum atomic E-state index is -0.714. The summed E-state index contributed by atoms with van der Waals surface area (Å²) in [6.45, 7) is 1.21. The number of hydrogen-bond donors (Lipinski definition) is 1. The summed E-state index contributed by atoms with van der Waals surface area (Å²) in [6, 6.07) is 2.60. The number of fused-ring (bicyclic) bond motifs is 1. The number of amides is 1. The third-order valence-electron chi connectivity index (χ3n) is 3.04. The first-order chi connectivity index (χ1) is 9.04. The van der Waals surface area contributed by atoms with E-state index in [2.05, 4.69) is 5.32 Å². The fourth-order valence-electron chi connectivity index (χ4n) is 2.01. The van der Waals surface area contributed by atoms with E-state index in [9.17, 15) is 14.0 Å². The Labute approximate surface area is 110 Å². The number of anilines is 2. The number of carbonyl (C=O) groups is 2. The SMILES string of the molecule is COCCCN(C)c1cc2c(cc1F)C(=O)C(=O)N2. The second-order valence-electron chi connectivity index (χ2n) is 4.40. The third kappa shape index (κ3) is 2.58. The third-order valence-corrected chi connectivity index (χ3v) is 3.04. The highest BCUT2D eigenvalue weighted by atomic mass is 19.1. The standard InChI is InChI=1S/C13H15FN2O3/c1-16(4-3-5-19-2)11-7-10-8(6-9(11)14)12(17)13(18)15-10/h6-7H,3-5H2,1-2H3,(H,15,17,18). The van der Waals surface area contributed by atoms with E-state index in [-0.39, 0.29) is 5.56 Å². The lowest BCUT2D eigenvalue weighted by Crippen LogP contribution is -2.21. The summed E-state index contributed by atoms with van der Waals surface area (Å²) in [6.07, 6.45) is 0.759. The monoisotopic (exact) mass is 266 g/mol. The fourth-order valence-corrected chi connectivity index (χ4v) is 2.01. The number of nitrogens with zero attached hydrogens (tertiary/aromatic N) is 1. The van der Waals surface area contributed by atoms with E-state index in [0.717, 1.165) is 12.5 Å². The molecule has 0 spiro atoms. The second-order valence-corrected chi connectivity index (χ2v) is 4.40. The summed E-state index contributed by atoms with van der Waals surface area (Å²) in [5.74, 6) is -1.92. The molecule has 0 atom stereocenters. The molecule has 0 radical (unpaired) electrons. The number of ether oxygens (including phenoxy) is 1. The molecule has 0 aliphatic carbocycles. The van der Waals surface area contributed by atoms with E-state index in [1.54, 1.807) is 19.1 Å². The molecule has 6 heteroatoms. The lowest BCUT2D eigenvalue weighted by Gasteiger charge is -2.20. The normalized spacial score (nSPS) is 13.4. The van der Waals surface area contributed by atoms with Crippen LogP contribution in [0.2, 0.25) is 0 Å². The number of halogens is 1. The van der Waals surface area contributed by atoms with Gasteiger partial charge in [0.05, 0.1) is 16.9 Å². The van der Waals surface area contributed by atoms with Crippen LogP contribution in [0, 0.1) is 5.82 Å². The number of carbonyl (C=O) groups excluding carboxylic acids is 2. The Balaban J connectivity index is 2.22. The van der Waals surface area contributed by atoms with Crippen molar-refractivity contribution in [3.63, 3.8) is 0 Å². The molecule has 0 unspecified atom stereocenters. The van der Waals surface area contributed by atoms with Crippen LogP contribution in [-0.2, 0) is 9.53 Å². The molecule has 1 aromatic rings. The number of hydrogen-bond acceptors (Lipinski definition) is 4. The van der Waals surface area contributed by atoms with Crippen LogP contribution in [-0.4, -0.2) is 39.0 Å². The molecule has 1 N–H and O–H groups in total. The Bertz CT molecular complexity index is 531.